The average molecular weight is 336 g/mol. The van der Waals surface area contributed by atoms with Crippen LogP contribution in [0.4, 0.5) is 0 Å². The van der Waals surface area contributed by atoms with Crippen LogP contribution in [0.5, 0.6) is 0 Å². The molecule has 0 amide bonds. The molecule has 134 valence electrons. The zero-order chi connectivity index (χ0) is 18.3. The molecule has 0 saturated heterocycles. The Hall–Kier alpha value is -2.09. The molecule has 0 atom stereocenters. The highest BCUT2D eigenvalue weighted by molar-refractivity contribution is 6.00. The number of hydrogen-bond donors (Lipinski definition) is 0. The van der Waals surface area contributed by atoms with Crippen LogP contribution in [0.3, 0.4) is 0 Å². The molecule has 0 heterocycles. The van der Waals surface area contributed by atoms with Gasteiger partial charge in [-0.2, -0.15) is 0 Å². The lowest BCUT2D eigenvalue weighted by atomic mass is 9.81. The number of aldehydes is 1. The monoisotopic (exact) mass is 336 g/mol. The van der Waals surface area contributed by atoms with Crippen LogP contribution < -0.4 is 0 Å². The van der Waals surface area contributed by atoms with Crippen LogP contribution in [0.25, 0.3) is 0 Å². The van der Waals surface area contributed by atoms with Gasteiger partial charge in [-0.15, -0.1) is 11.8 Å². The minimum Gasteiger partial charge on any atom is -0.468 e. The Kier molecular flexibility index (Phi) is 12.2. The highest BCUT2D eigenvalue weighted by Crippen LogP contribution is 2.30. The average Bonchev–Trinajstić information content (AvgIpc) is 2.61. The van der Waals surface area contributed by atoms with Crippen molar-refractivity contribution in [3.63, 3.8) is 0 Å². The third-order valence-corrected chi connectivity index (χ3v) is 3.75. The molecule has 0 fully saturated rings. The van der Waals surface area contributed by atoms with Gasteiger partial charge in [0.2, 0.25) is 0 Å². The molecule has 5 nitrogen and oxygen atoms in total. The van der Waals surface area contributed by atoms with Gasteiger partial charge in [0.1, 0.15) is 6.29 Å². The molecule has 0 aromatic rings. The number of hydrogen-bond acceptors (Lipinski definition) is 5. The number of esters is 2. The number of carbonyl (C=O) groups is 3. The van der Waals surface area contributed by atoms with Crippen LogP contribution in [-0.4, -0.2) is 32.4 Å². The summed E-state index contributed by atoms with van der Waals surface area (Å²) >= 11 is 0. The van der Waals surface area contributed by atoms with Gasteiger partial charge in [-0.1, -0.05) is 38.7 Å². The Balaban J connectivity index is 4.92. The molecular formula is C19H28O5. The van der Waals surface area contributed by atoms with E-state index in [1.54, 1.807) is 0 Å². The quantitative estimate of drug-likeness (QED) is 0.145. The summed E-state index contributed by atoms with van der Waals surface area (Å²) in [7, 11) is 2.43. The van der Waals surface area contributed by atoms with Gasteiger partial charge < -0.3 is 9.47 Å². The van der Waals surface area contributed by atoms with Gasteiger partial charge in [0, 0.05) is 12.8 Å². The first-order chi connectivity index (χ1) is 11.6. The van der Waals surface area contributed by atoms with Gasteiger partial charge in [0.15, 0.2) is 5.41 Å². The molecule has 5 heteroatoms. The summed E-state index contributed by atoms with van der Waals surface area (Å²) in [6, 6.07) is 0. The largest absolute Gasteiger partial charge is 0.468 e. The smallest absolute Gasteiger partial charge is 0.324 e. The fraction of sp³-hybridized carbons (Fsp3) is 0.632. The van der Waals surface area contributed by atoms with E-state index in [4.69, 9.17) is 9.47 Å². The van der Waals surface area contributed by atoms with Gasteiger partial charge in [-0.3, -0.25) is 14.4 Å². The molecule has 0 saturated carbocycles. The normalized spacial score (nSPS) is 10.8. The van der Waals surface area contributed by atoms with Gasteiger partial charge in [0.05, 0.1) is 14.2 Å². The van der Waals surface area contributed by atoms with Crippen molar-refractivity contribution in [3.05, 3.63) is 12.2 Å². The molecule has 0 aromatic carbocycles. The van der Waals surface area contributed by atoms with E-state index in [2.05, 4.69) is 18.8 Å². The van der Waals surface area contributed by atoms with Crippen molar-refractivity contribution in [2.45, 2.75) is 58.3 Å². The SMILES string of the molecule is CCCCCCCC#CCC(C/C=C/C=O)(C(=O)OC)C(=O)OC. The zero-order valence-corrected chi connectivity index (χ0v) is 14.9. The second-order valence-corrected chi connectivity index (χ2v) is 5.53. The molecule has 0 spiro atoms. The molecule has 0 radical (unpaired) electrons. The fourth-order valence-corrected chi connectivity index (χ4v) is 2.30. The summed E-state index contributed by atoms with van der Waals surface area (Å²) in [5, 5.41) is 0. The Morgan fingerprint density at radius 1 is 1.00 bits per heavy atom. The van der Waals surface area contributed by atoms with Gasteiger partial charge in [0.25, 0.3) is 0 Å². The van der Waals surface area contributed by atoms with Crippen molar-refractivity contribution < 1.29 is 23.9 Å². The molecule has 0 aliphatic rings. The van der Waals surface area contributed by atoms with Crippen LogP contribution in [0.1, 0.15) is 58.3 Å². The molecule has 0 unspecified atom stereocenters. The van der Waals surface area contributed by atoms with Crippen molar-refractivity contribution >= 4 is 18.2 Å². The van der Waals surface area contributed by atoms with Gasteiger partial charge in [-0.25, -0.2) is 0 Å². The predicted octanol–water partition coefficient (Wildman–Crippen LogP) is 3.22. The van der Waals surface area contributed by atoms with Crippen LogP contribution in [-0.2, 0) is 23.9 Å². The summed E-state index contributed by atoms with van der Waals surface area (Å²) in [6.45, 7) is 2.16. The standard InChI is InChI=1S/C19H28O5/c1-4-5-6-7-8-9-10-11-14-19(17(21)23-2,18(22)24-3)15-12-13-16-20/h12-13,16H,4-9,14-15H2,1-3H3/b13-12+. The molecular weight excluding hydrogens is 308 g/mol. The van der Waals surface area contributed by atoms with E-state index < -0.39 is 17.4 Å². The first-order valence-corrected chi connectivity index (χ1v) is 8.31. The van der Waals surface area contributed by atoms with E-state index in [1.807, 2.05) is 0 Å². The van der Waals surface area contributed by atoms with E-state index in [0.29, 0.717) is 6.29 Å². The molecule has 0 aliphatic carbocycles. The Morgan fingerprint density at radius 2 is 1.62 bits per heavy atom. The molecule has 24 heavy (non-hydrogen) atoms. The predicted molar refractivity (Wildman–Crippen MR) is 92.1 cm³/mol. The maximum absolute atomic E-state index is 12.2. The topological polar surface area (TPSA) is 69.7 Å². The number of unbranched alkanes of at least 4 members (excludes halogenated alkanes) is 5. The van der Waals surface area contributed by atoms with Crippen molar-refractivity contribution in [2.75, 3.05) is 14.2 Å². The first kappa shape index (κ1) is 21.9. The number of methoxy groups -OCH3 is 2. The Morgan fingerprint density at radius 3 is 2.17 bits per heavy atom. The summed E-state index contributed by atoms with van der Waals surface area (Å²) in [4.78, 5) is 34.7. The van der Waals surface area contributed by atoms with Gasteiger partial charge >= 0.3 is 11.9 Å². The summed E-state index contributed by atoms with van der Waals surface area (Å²) in [6.07, 6.45) is 9.77. The van der Waals surface area contributed by atoms with E-state index in [0.717, 1.165) is 19.3 Å². The third-order valence-electron chi connectivity index (χ3n) is 3.75. The summed E-state index contributed by atoms with van der Waals surface area (Å²) in [5.74, 6) is 4.49. The molecule has 0 N–H and O–H groups in total. The van der Waals surface area contributed by atoms with Crippen LogP contribution in [0, 0.1) is 17.3 Å². The molecule has 0 bridgehead atoms. The highest BCUT2D eigenvalue weighted by atomic mass is 16.5. The lowest BCUT2D eigenvalue weighted by Gasteiger charge is -2.24. The molecule has 0 aromatic heterocycles. The zero-order valence-electron chi connectivity index (χ0n) is 14.9. The van der Waals surface area contributed by atoms with Crippen LogP contribution in [0.15, 0.2) is 12.2 Å². The summed E-state index contributed by atoms with van der Waals surface area (Å²) in [5.41, 5.74) is -1.53. The summed E-state index contributed by atoms with van der Waals surface area (Å²) < 4.78 is 9.52. The maximum atomic E-state index is 12.2. The lowest BCUT2D eigenvalue weighted by Crippen LogP contribution is -2.40. The fourth-order valence-electron chi connectivity index (χ4n) is 2.30. The van der Waals surface area contributed by atoms with Crippen molar-refractivity contribution in [3.8, 4) is 11.8 Å². The lowest BCUT2D eigenvalue weighted by molar-refractivity contribution is -0.168. The van der Waals surface area contributed by atoms with Crippen LogP contribution in [0.2, 0.25) is 0 Å². The van der Waals surface area contributed by atoms with E-state index in [1.165, 1.54) is 45.6 Å². The van der Waals surface area contributed by atoms with E-state index >= 15 is 0 Å². The Labute approximate surface area is 144 Å². The maximum Gasteiger partial charge on any atom is 0.324 e. The van der Waals surface area contributed by atoms with Crippen molar-refractivity contribution in [2.24, 2.45) is 5.41 Å². The number of ether oxygens (including phenoxy) is 2. The minimum absolute atomic E-state index is 0.00447. The van der Waals surface area contributed by atoms with Crippen molar-refractivity contribution in [1.29, 1.82) is 0 Å². The van der Waals surface area contributed by atoms with E-state index in [9.17, 15) is 14.4 Å². The Bertz CT molecular complexity index is 466. The number of rotatable bonds is 11. The number of carbonyl (C=O) groups excluding carboxylic acids is 3. The van der Waals surface area contributed by atoms with Crippen LogP contribution >= 0.6 is 0 Å². The second kappa shape index (κ2) is 13.4. The third kappa shape index (κ3) is 7.45. The van der Waals surface area contributed by atoms with E-state index in [-0.39, 0.29) is 12.8 Å². The highest BCUT2D eigenvalue weighted by Gasteiger charge is 2.47. The van der Waals surface area contributed by atoms with Crippen molar-refractivity contribution in [1.82, 2.24) is 0 Å². The minimum atomic E-state index is -1.53. The first-order valence-electron chi connectivity index (χ1n) is 8.31. The number of allylic oxidation sites excluding steroid dienone is 2. The second-order valence-electron chi connectivity index (χ2n) is 5.53. The molecule has 0 aliphatic heterocycles. The van der Waals surface area contributed by atoms with Gasteiger partial charge in [-0.05, 0) is 18.9 Å². The molecule has 0 rings (SSSR count).